The zero-order valence-corrected chi connectivity index (χ0v) is 17.0. The molecule has 2 heterocycles. The molecule has 0 N–H and O–H groups in total. The SMILES string of the molecule is O=C1C[C@@H](N2CCC(Cc3ccccc3)CC2)C(=O)N1c1cc(Cl)cc(Cl)c1. The third-order valence-electron chi connectivity index (χ3n) is 5.69. The smallest absolute Gasteiger partial charge is 0.251 e. The minimum atomic E-state index is -0.386. The van der Waals surface area contributed by atoms with Crippen molar-refractivity contribution in [3.63, 3.8) is 0 Å². The second-order valence-electron chi connectivity index (χ2n) is 7.58. The van der Waals surface area contributed by atoms with E-state index in [-0.39, 0.29) is 24.3 Å². The first-order valence-corrected chi connectivity index (χ1v) is 10.4. The summed E-state index contributed by atoms with van der Waals surface area (Å²) in [4.78, 5) is 28.9. The van der Waals surface area contributed by atoms with Crippen LogP contribution < -0.4 is 4.90 Å². The van der Waals surface area contributed by atoms with Crippen LogP contribution in [0.3, 0.4) is 0 Å². The molecule has 0 aromatic heterocycles. The van der Waals surface area contributed by atoms with Crippen LogP contribution in [0.5, 0.6) is 0 Å². The number of piperidine rings is 1. The van der Waals surface area contributed by atoms with Crippen LogP contribution in [0.15, 0.2) is 48.5 Å². The van der Waals surface area contributed by atoms with Gasteiger partial charge in [-0.05, 0) is 62.0 Å². The normalized spacial score (nSPS) is 21.5. The highest BCUT2D eigenvalue weighted by molar-refractivity contribution is 6.35. The molecule has 2 aromatic rings. The van der Waals surface area contributed by atoms with Gasteiger partial charge in [-0.15, -0.1) is 0 Å². The zero-order chi connectivity index (χ0) is 19.7. The van der Waals surface area contributed by atoms with Gasteiger partial charge in [-0.25, -0.2) is 4.90 Å². The molecule has 2 aliphatic heterocycles. The van der Waals surface area contributed by atoms with Crippen LogP contribution in [-0.4, -0.2) is 35.8 Å². The number of anilines is 1. The molecule has 0 aliphatic carbocycles. The van der Waals surface area contributed by atoms with Gasteiger partial charge in [0, 0.05) is 10.0 Å². The van der Waals surface area contributed by atoms with Crippen molar-refractivity contribution in [3.05, 3.63) is 64.1 Å². The number of benzene rings is 2. The van der Waals surface area contributed by atoms with E-state index in [0.717, 1.165) is 32.4 Å². The average molecular weight is 417 g/mol. The van der Waals surface area contributed by atoms with Gasteiger partial charge in [0.05, 0.1) is 18.2 Å². The summed E-state index contributed by atoms with van der Waals surface area (Å²) < 4.78 is 0. The van der Waals surface area contributed by atoms with Crippen molar-refractivity contribution in [2.45, 2.75) is 31.7 Å². The number of carbonyl (C=O) groups is 2. The monoisotopic (exact) mass is 416 g/mol. The van der Waals surface area contributed by atoms with Crippen molar-refractivity contribution < 1.29 is 9.59 Å². The van der Waals surface area contributed by atoms with Crippen LogP contribution in [0.2, 0.25) is 10.0 Å². The molecule has 0 saturated carbocycles. The van der Waals surface area contributed by atoms with E-state index in [1.165, 1.54) is 10.5 Å². The molecule has 0 bridgehead atoms. The highest BCUT2D eigenvalue weighted by Gasteiger charge is 2.43. The van der Waals surface area contributed by atoms with Crippen LogP contribution in [0.25, 0.3) is 0 Å². The molecule has 2 saturated heterocycles. The number of nitrogens with zero attached hydrogens (tertiary/aromatic N) is 2. The predicted molar refractivity (Wildman–Crippen MR) is 112 cm³/mol. The van der Waals surface area contributed by atoms with Gasteiger partial charge in [-0.3, -0.25) is 14.5 Å². The highest BCUT2D eigenvalue weighted by Crippen LogP contribution is 2.32. The Labute approximate surface area is 175 Å². The Morgan fingerprint density at radius 2 is 1.57 bits per heavy atom. The molecule has 0 radical (unpaired) electrons. The van der Waals surface area contributed by atoms with Gasteiger partial charge in [-0.1, -0.05) is 53.5 Å². The quantitative estimate of drug-likeness (QED) is 0.684. The average Bonchev–Trinajstić information content (AvgIpc) is 2.97. The number of hydrogen-bond donors (Lipinski definition) is 0. The first kappa shape index (κ1) is 19.4. The Balaban J connectivity index is 1.40. The number of halogens is 2. The van der Waals surface area contributed by atoms with E-state index in [1.807, 2.05) is 6.07 Å². The fraction of sp³-hybridized carbons (Fsp3) is 0.364. The molecule has 1 atom stereocenters. The van der Waals surface area contributed by atoms with Gasteiger partial charge in [0.15, 0.2) is 0 Å². The van der Waals surface area contributed by atoms with E-state index in [2.05, 4.69) is 29.2 Å². The predicted octanol–water partition coefficient (Wildman–Crippen LogP) is 4.58. The van der Waals surface area contributed by atoms with Crippen molar-refractivity contribution in [2.24, 2.45) is 5.92 Å². The molecule has 146 valence electrons. The van der Waals surface area contributed by atoms with E-state index < -0.39 is 0 Å². The van der Waals surface area contributed by atoms with Crippen molar-refractivity contribution in [2.75, 3.05) is 18.0 Å². The van der Waals surface area contributed by atoms with E-state index in [4.69, 9.17) is 23.2 Å². The summed E-state index contributed by atoms with van der Waals surface area (Å²) in [6.45, 7) is 1.68. The summed E-state index contributed by atoms with van der Waals surface area (Å²) >= 11 is 12.1. The number of likely N-dealkylation sites (tertiary alicyclic amines) is 1. The molecule has 4 rings (SSSR count). The van der Waals surface area contributed by atoms with Crippen molar-refractivity contribution in [1.29, 1.82) is 0 Å². The number of rotatable bonds is 4. The summed E-state index contributed by atoms with van der Waals surface area (Å²) in [5.74, 6) is 0.248. The largest absolute Gasteiger partial charge is 0.292 e. The zero-order valence-electron chi connectivity index (χ0n) is 15.5. The Kier molecular flexibility index (Phi) is 5.72. The van der Waals surface area contributed by atoms with E-state index in [9.17, 15) is 9.59 Å². The second-order valence-corrected chi connectivity index (χ2v) is 8.46. The summed E-state index contributed by atoms with van der Waals surface area (Å²) in [6.07, 6.45) is 3.36. The Morgan fingerprint density at radius 3 is 2.21 bits per heavy atom. The lowest BCUT2D eigenvalue weighted by Gasteiger charge is -2.34. The van der Waals surface area contributed by atoms with Crippen LogP contribution in [-0.2, 0) is 16.0 Å². The fourth-order valence-electron chi connectivity index (χ4n) is 4.26. The lowest BCUT2D eigenvalue weighted by atomic mass is 9.89. The summed E-state index contributed by atoms with van der Waals surface area (Å²) in [6, 6.07) is 14.9. The number of imide groups is 1. The first-order chi connectivity index (χ1) is 13.5. The van der Waals surface area contributed by atoms with Crippen LogP contribution >= 0.6 is 23.2 Å². The highest BCUT2D eigenvalue weighted by atomic mass is 35.5. The first-order valence-electron chi connectivity index (χ1n) is 9.62. The van der Waals surface area contributed by atoms with Gasteiger partial charge in [0.2, 0.25) is 5.91 Å². The molecule has 2 aromatic carbocycles. The Morgan fingerprint density at radius 1 is 0.929 bits per heavy atom. The number of hydrogen-bond acceptors (Lipinski definition) is 3. The molecule has 2 fully saturated rings. The van der Waals surface area contributed by atoms with E-state index >= 15 is 0 Å². The topological polar surface area (TPSA) is 40.6 Å². The van der Waals surface area contributed by atoms with Crippen molar-refractivity contribution in [3.8, 4) is 0 Å². The molecular weight excluding hydrogens is 395 g/mol. The molecule has 2 amide bonds. The standard InChI is InChI=1S/C22H22Cl2N2O2/c23-17-11-18(24)13-19(12-17)26-21(27)14-20(22(26)28)25-8-6-16(7-9-25)10-15-4-2-1-3-5-15/h1-5,11-13,16,20H,6-10,14H2/t20-/m1/s1. The van der Waals surface area contributed by atoms with Gasteiger partial charge < -0.3 is 0 Å². The number of amides is 2. The molecule has 4 nitrogen and oxygen atoms in total. The number of carbonyl (C=O) groups excluding carboxylic acids is 2. The molecule has 6 heteroatoms. The third kappa shape index (κ3) is 4.09. The maximum atomic E-state index is 13.0. The van der Waals surface area contributed by atoms with E-state index in [0.29, 0.717) is 21.7 Å². The minimum Gasteiger partial charge on any atom is -0.292 e. The maximum absolute atomic E-state index is 13.0. The molecule has 0 spiro atoms. The van der Waals surface area contributed by atoms with Crippen molar-refractivity contribution >= 4 is 40.7 Å². The van der Waals surface area contributed by atoms with Gasteiger partial charge in [-0.2, -0.15) is 0 Å². The van der Waals surface area contributed by atoms with Crippen LogP contribution in [0.4, 0.5) is 5.69 Å². The summed E-state index contributed by atoms with van der Waals surface area (Å²) in [5.41, 5.74) is 1.81. The second kappa shape index (κ2) is 8.24. The summed E-state index contributed by atoms with van der Waals surface area (Å²) in [5, 5.41) is 0.821. The lowest BCUT2D eigenvalue weighted by molar-refractivity contribution is -0.123. The fourth-order valence-corrected chi connectivity index (χ4v) is 4.77. The molecule has 0 unspecified atom stereocenters. The van der Waals surface area contributed by atoms with Crippen LogP contribution in [0, 0.1) is 5.92 Å². The minimum absolute atomic E-state index is 0.176. The van der Waals surface area contributed by atoms with Gasteiger partial charge in [0.1, 0.15) is 0 Å². The Hall–Kier alpha value is -1.88. The van der Waals surface area contributed by atoms with Crippen LogP contribution in [0.1, 0.15) is 24.8 Å². The summed E-state index contributed by atoms with van der Waals surface area (Å²) in [7, 11) is 0. The maximum Gasteiger partial charge on any atom is 0.251 e. The van der Waals surface area contributed by atoms with E-state index in [1.54, 1.807) is 18.2 Å². The Bertz CT molecular complexity index is 859. The molecule has 2 aliphatic rings. The van der Waals surface area contributed by atoms with Crippen molar-refractivity contribution in [1.82, 2.24) is 4.90 Å². The third-order valence-corrected chi connectivity index (χ3v) is 6.12. The van der Waals surface area contributed by atoms with Gasteiger partial charge in [0.25, 0.3) is 5.91 Å². The molecular formula is C22H22Cl2N2O2. The molecule has 28 heavy (non-hydrogen) atoms. The van der Waals surface area contributed by atoms with Gasteiger partial charge >= 0.3 is 0 Å². The lowest BCUT2D eigenvalue weighted by Crippen LogP contribution is -2.46.